The maximum absolute atomic E-state index is 14.2. The average molecular weight is 444 g/mol. The first-order valence-corrected chi connectivity index (χ1v) is 9.90. The Balaban J connectivity index is 1.32. The van der Waals surface area contributed by atoms with E-state index < -0.39 is 41.0 Å². The number of nitrogens with zero attached hydrogens (tertiary/aromatic N) is 3. The standard InChI is InChI=1S/C20H18F6N4O/c21-11-6-27-15(20(24,25)26)3-10(11)13-4-14-12(1-2-30(14)29-13)28-17(31)19-7-18(8-19,9-19)5-16(22)23/h3-4,6,12,16H,1-2,5,7-9H2,(H,28,31)/t12-,18?,19?/m0/s1. The molecule has 3 heterocycles. The van der Waals surface area contributed by atoms with Gasteiger partial charge < -0.3 is 5.32 Å². The molecule has 0 unspecified atom stereocenters. The Labute approximate surface area is 172 Å². The van der Waals surface area contributed by atoms with Crippen LogP contribution < -0.4 is 5.32 Å². The summed E-state index contributed by atoms with van der Waals surface area (Å²) in [5, 5.41) is 7.13. The smallest absolute Gasteiger partial charge is 0.347 e. The highest BCUT2D eigenvalue weighted by Crippen LogP contribution is 2.75. The highest BCUT2D eigenvalue weighted by molar-refractivity contribution is 5.86. The van der Waals surface area contributed by atoms with Crippen molar-refractivity contribution in [3.8, 4) is 11.3 Å². The van der Waals surface area contributed by atoms with Gasteiger partial charge in [-0.15, -0.1) is 0 Å². The number of aryl methyl sites for hydroxylation is 1. The van der Waals surface area contributed by atoms with Gasteiger partial charge in [-0.25, -0.2) is 18.2 Å². The number of amides is 1. The van der Waals surface area contributed by atoms with E-state index in [1.54, 1.807) is 0 Å². The van der Waals surface area contributed by atoms with Crippen molar-refractivity contribution in [1.82, 2.24) is 20.1 Å². The molecule has 166 valence electrons. The Hall–Kier alpha value is -2.59. The number of fused-ring (bicyclic) bond motifs is 1. The highest BCUT2D eigenvalue weighted by atomic mass is 19.4. The molecule has 0 saturated heterocycles. The minimum absolute atomic E-state index is 0.0285. The zero-order valence-electron chi connectivity index (χ0n) is 16.1. The van der Waals surface area contributed by atoms with Crippen LogP contribution in [0.1, 0.15) is 49.5 Å². The minimum atomic E-state index is -4.72. The van der Waals surface area contributed by atoms with E-state index in [2.05, 4.69) is 15.4 Å². The summed E-state index contributed by atoms with van der Waals surface area (Å²) >= 11 is 0. The molecule has 1 amide bonds. The van der Waals surface area contributed by atoms with Crippen molar-refractivity contribution in [3.05, 3.63) is 35.5 Å². The zero-order valence-corrected chi connectivity index (χ0v) is 16.1. The molecule has 1 aliphatic heterocycles. The number of aromatic nitrogens is 3. The molecule has 3 aliphatic carbocycles. The average Bonchev–Trinajstić information content (AvgIpc) is 3.17. The van der Waals surface area contributed by atoms with E-state index in [4.69, 9.17) is 0 Å². The number of hydrogen-bond donors (Lipinski definition) is 1. The number of alkyl halides is 5. The van der Waals surface area contributed by atoms with E-state index in [1.807, 2.05) is 0 Å². The van der Waals surface area contributed by atoms with Crippen LogP contribution in [0.5, 0.6) is 0 Å². The topological polar surface area (TPSA) is 59.8 Å². The summed E-state index contributed by atoms with van der Waals surface area (Å²) in [6, 6.07) is 1.67. The van der Waals surface area contributed by atoms with Crippen LogP contribution in [0, 0.1) is 16.6 Å². The Morgan fingerprint density at radius 1 is 1.26 bits per heavy atom. The van der Waals surface area contributed by atoms with Gasteiger partial charge >= 0.3 is 6.18 Å². The number of carbonyl (C=O) groups excluding carboxylic acids is 1. The number of nitrogens with one attached hydrogen (secondary N) is 1. The molecule has 5 nitrogen and oxygen atoms in total. The van der Waals surface area contributed by atoms with E-state index in [0.29, 0.717) is 50.2 Å². The zero-order chi connectivity index (χ0) is 22.2. The number of hydrogen-bond acceptors (Lipinski definition) is 3. The Morgan fingerprint density at radius 2 is 1.97 bits per heavy atom. The number of carbonyl (C=O) groups is 1. The summed E-state index contributed by atoms with van der Waals surface area (Å²) in [4.78, 5) is 15.8. The quantitative estimate of drug-likeness (QED) is 0.692. The van der Waals surface area contributed by atoms with Crippen molar-refractivity contribution < 1.29 is 31.1 Å². The van der Waals surface area contributed by atoms with Crippen molar-refractivity contribution in [3.63, 3.8) is 0 Å². The molecule has 6 rings (SSSR count). The third kappa shape index (κ3) is 3.20. The normalized spacial score (nSPS) is 28.8. The van der Waals surface area contributed by atoms with Gasteiger partial charge in [-0.3, -0.25) is 9.48 Å². The van der Waals surface area contributed by atoms with E-state index in [1.165, 1.54) is 10.7 Å². The molecule has 2 bridgehead atoms. The van der Waals surface area contributed by atoms with Crippen LogP contribution in [0.25, 0.3) is 11.3 Å². The molecule has 3 saturated carbocycles. The fraction of sp³-hybridized carbons (Fsp3) is 0.550. The van der Waals surface area contributed by atoms with Crippen molar-refractivity contribution in [2.45, 2.75) is 57.3 Å². The largest absolute Gasteiger partial charge is 0.433 e. The fourth-order valence-corrected chi connectivity index (χ4v) is 5.45. The summed E-state index contributed by atoms with van der Waals surface area (Å²) in [6.45, 7) is 0.418. The molecule has 4 aliphatic rings. The fourth-order valence-electron chi connectivity index (χ4n) is 5.45. The number of rotatable bonds is 5. The van der Waals surface area contributed by atoms with Gasteiger partial charge in [0.2, 0.25) is 12.3 Å². The minimum Gasteiger partial charge on any atom is -0.347 e. The summed E-state index contributed by atoms with van der Waals surface area (Å²) in [5.74, 6) is -1.12. The molecule has 11 heteroatoms. The van der Waals surface area contributed by atoms with Crippen LogP contribution in [-0.4, -0.2) is 27.1 Å². The summed E-state index contributed by atoms with van der Waals surface area (Å²) < 4.78 is 79.8. The monoisotopic (exact) mass is 444 g/mol. The first-order valence-electron chi connectivity index (χ1n) is 9.90. The summed E-state index contributed by atoms with van der Waals surface area (Å²) in [5.41, 5.74) is -1.94. The molecule has 2 aromatic rings. The first kappa shape index (κ1) is 20.3. The van der Waals surface area contributed by atoms with E-state index in [-0.39, 0.29) is 23.6 Å². The van der Waals surface area contributed by atoms with Gasteiger partial charge in [0.25, 0.3) is 0 Å². The van der Waals surface area contributed by atoms with Gasteiger partial charge in [0.05, 0.1) is 29.0 Å². The summed E-state index contributed by atoms with van der Waals surface area (Å²) in [7, 11) is 0. The lowest BCUT2D eigenvalue weighted by atomic mass is 9.34. The summed E-state index contributed by atoms with van der Waals surface area (Å²) in [6.07, 6.45) is -4.86. The third-order valence-electron chi connectivity index (χ3n) is 6.73. The molecule has 1 atom stereocenters. The van der Waals surface area contributed by atoms with E-state index in [0.717, 1.165) is 0 Å². The Kier molecular flexibility index (Phi) is 4.23. The van der Waals surface area contributed by atoms with Gasteiger partial charge in [-0.2, -0.15) is 18.3 Å². The Bertz CT molecular complexity index is 1040. The molecular formula is C20H18F6N4O. The van der Waals surface area contributed by atoms with Crippen molar-refractivity contribution >= 4 is 5.91 Å². The molecule has 0 radical (unpaired) electrons. The maximum Gasteiger partial charge on any atom is 0.433 e. The number of pyridine rings is 1. The van der Waals surface area contributed by atoms with Gasteiger partial charge in [0.15, 0.2) is 5.82 Å². The molecule has 2 aromatic heterocycles. The van der Waals surface area contributed by atoms with Crippen LogP contribution in [0.3, 0.4) is 0 Å². The second kappa shape index (κ2) is 6.46. The van der Waals surface area contributed by atoms with Crippen molar-refractivity contribution in [2.75, 3.05) is 0 Å². The molecular weight excluding hydrogens is 426 g/mol. The first-order chi connectivity index (χ1) is 14.5. The lowest BCUT2D eigenvalue weighted by Crippen LogP contribution is -2.68. The van der Waals surface area contributed by atoms with Crippen LogP contribution in [-0.2, 0) is 17.5 Å². The van der Waals surface area contributed by atoms with Crippen LogP contribution in [0.15, 0.2) is 18.3 Å². The predicted octanol–water partition coefficient (Wildman–Crippen LogP) is 4.49. The van der Waals surface area contributed by atoms with Gasteiger partial charge in [-0.1, -0.05) is 0 Å². The third-order valence-corrected chi connectivity index (χ3v) is 6.73. The molecule has 31 heavy (non-hydrogen) atoms. The van der Waals surface area contributed by atoms with E-state index in [9.17, 15) is 31.1 Å². The lowest BCUT2D eigenvalue weighted by molar-refractivity contribution is -0.220. The Morgan fingerprint density at radius 3 is 2.61 bits per heavy atom. The SMILES string of the molecule is O=C(N[C@H]1CCn2nc(-c3cc(C(F)(F)F)ncc3F)cc21)C12CC(CC(F)F)(C1)C2. The second-order valence-corrected chi connectivity index (χ2v) is 8.95. The van der Waals surface area contributed by atoms with Crippen LogP contribution >= 0.6 is 0 Å². The predicted molar refractivity (Wildman–Crippen MR) is 95.3 cm³/mol. The molecule has 3 fully saturated rings. The van der Waals surface area contributed by atoms with E-state index >= 15 is 0 Å². The van der Waals surface area contributed by atoms with Crippen LogP contribution in [0.2, 0.25) is 0 Å². The molecule has 0 aromatic carbocycles. The van der Waals surface area contributed by atoms with Crippen molar-refractivity contribution in [1.29, 1.82) is 0 Å². The number of halogens is 6. The van der Waals surface area contributed by atoms with Gasteiger partial charge in [-0.05, 0) is 43.2 Å². The van der Waals surface area contributed by atoms with Gasteiger partial charge in [0, 0.05) is 18.5 Å². The second-order valence-electron chi connectivity index (χ2n) is 8.95. The van der Waals surface area contributed by atoms with Crippen molar-refractivity contribution in [2.24, 2.45) is 10.8 Å². The molecule has 1 N–H and O–H groups in total. The van der Waals surface area contributed by atoms with Gasteiger partial charge in [0.1, 0.15) is 5.69 Å². The lowest BCUT2D eigenvalue weighted by Gasteiger charge is -2.69. The van der Waals surface area contributed by atoms with Crippen LogP contribution in [0.4, 0.5) is 26.3 Å². The maximum atomic E-state index is 14.2. The molecule has 0 spiro atoms. The highest BCUT2D eigenvalue weighted by Gasteiger charge is 2.71.